The van der Waals surface area contributed by atoms with Gasteiger partial charge in [0.25, 0.3) is 0 Å². The van der Waals surface area contributed by atoms with Crippen molar-refractivity contribution in [3.8, 4) is 0 Å². The summed E-state index contributed by atoms with van der Waals surface area (Å²) in [7, 11) is 0. The van der Waals surface area contributed by atoms with Crippen LogP contribution < -0.4 is 10.6 Å². The van der Waals surface area contributed by atoms with Crippen LogP contribution in [-0.2, 0) is 0 Å². The molecule has 4 unspecified atom stereocenters. The van der Waals surface area contributed by atoms with Crippen LogP contribution in [0.1, 0.15) is 13.8 Å². The number of allylic oxidation sites excluding steroid dienone is 4. The molecule has 0 saturated heterocycles. The molecule has 5 heteroatoms. The first-order valence-corrected chi connectivity index (χ1v) is 8.11. The van der Waals surface area contributed by atoms with Crippen molar-refractivity contribution in [2.45, 2.75) is 34.6 Å². The fourth-order valence-electron chi connectivity index (χ4n) is 2.15. The van der Waals surface area contributed by atoms with Gasteiger partial charge in [0.15, 0.2) is 5.96 Å². The van der Waals surface area contributed by atoms with Gasteiger partial charge in [-0.1, -0.05) is 80.5 Å². The molecule has 0 aromatic rings. The van der Waals surface area contributed by atoms with Gasteiger partial charge in [-0.2, -0.15) is 0 Å². The number of halogens is 2. The summed E-state index contributed by atoms with van der Waals surface area (Å²) in [5.74, 6) is 0.316. The molecule has 0 amide bonds. The molecule has 2 aliphatic carbocycles. The first-order valence-electron chi connectivity index (χ1n) is 6.53. The molecule has 20 heavy (non-hydrogen) atoms. The van der Waals surface area contributed by atoms with Gasteiger partial charge in [-0.3, -0.25) is 5.41 Å². The average Bonchev–Trinajstić information content (AvgIpc) is 2.34. The third kappa shape index (κ3) is 3.64. The van der Waals surface area contributed by atoms with Crippen LogP contribution in [0.5, 0.6) is 0 Å². The maximum absolute atomic E-state index is 8.13. The van der Waals surface area contributed by atoms with Crippen molar-refractivity contribution >= 4 is 37.8 Å². The molecule has 0 bridgehead atoms. The van der Waals surface area contributed by atoms with E-state index in [-0.39, 0.29) is 20.7 Å². The molecule has 0 aliphatic heterocycles. The van der Waals surface area contributed by atoms with Gasteiger partial charge in [-0.25, -0.2) is 0 Å². The van der Waals surface area contributed by atoms with E-state index < -0.39 is 0 Å². The van der Waals surface area contributed by atoms with Gasteiger partial charge < -0.3 is 10.6 Å². The molecule has 2 rings (SSSR count). The third-order valence-corrected chi connectivity index (χ3v) is 5.00. The Morgan fingerprint density at radius 3 is 1.65 bits per heavy atom. The van der Waals surface area contributed by atoms with E-state index in [9.17, 15) is 0 Å². The number of hydrogen-bond donors (Lipinski definition) is 3. The predicted molar refractivity (Wildman–Crippen MR) is 92.8 cm³/mol. The van der Waals surface area contributed by atoms with Crippen molar-refractivity contribution in [1.82, 2.24) is 10.6 Å². The quantitative estimate of drug-likeness (QED) is 0.378. The highest BCUT2D eigenvalue weighted by atomic mass is 79.9. The van der Waals surface area contributed by atoms with E-state index in [0.29, 0.717) is 5.96 Å². The Morgan fingerprint density at radius 2 is 1.30 bits per heavy atom. The normalized spacial score (nSPS) is 38.8. The summed E-state index contributed by atoms with van der Waals surface area (Å²) >= 11 is 7.35. The van der Waals surface area contributed by atoms with Crippen LogP contribution in [0.4, 0.5) is 0 Å². The van der Waals surface area contributed by atoms with E-state index >= 15 is 0 Å². The van der Waals surface area contributed by atoms with Gasteiger partial charge in [0.1, 0.15) is 0 Å². The molecule has 3 N–H and O–H groups in total. The summed E-state index contributed by atoms with van der Waals surface area (Å²) in [5, 5.41) is 14.5. The Kier molecular flexibility index (Phi) is 4.59. The lowest BCUT2D eigenvalue weighted by Gasteiger charge is -2.34. The smallest absolute Gasteiger partial charge is 0.189 e. The Bertz CT molecular complexity index is 457. The van der Waals surface area contributed by atoms with Crippen molar-refractivity contribution in [2.24, 2.45) is 0 Å². The van der Waals surface area contributed by atoms with Gasteiger partial charge in [-0.05, 0) is 13.8 Å². The summed E-state index contributed by atoms with van der Waals surface area (Å²) in [6, 6.07) is 0.0781. The Hall–Kier alpha value is -0.810. The Balaban J connectivity index is 1.97. The third-order valence-electron chi connectivity index (χ3n) is 3.49. The van der Waals surface area contributed by atoms with Gasteiger partial charge in [0.05, 0.1) is 20.7 Å². The van der Waals surface area contributed by atoms with Crippen LogP contribution >= 0.6 is 31.9 Å². The summed E-state index contributed by atoms with van der Waals surface area (Å²) in [5.41, 5.74) is 0. The van der Waals surface area contributed by atoms with Crippen LogP contribution in [0.25, 0.3) is 0 Å². The van der Waals surface area contributed by atoms with Crippen LogP contribution in [0, 0.1) is 5.41 Å². The van der Waals surface area contributed by atoms with E-state index in [1.807, 2.05) is 24.3 Å². The zero-order chi connectivity index (χ0) is 14.8. The zero-order valence-corrected chi connectivity index (χ0v) is 14.7. The second kappa shape index (κ2) is 5.90. The van der Waals surface area contributed by atoms with E-state index in [1.165, 1.54) is 0 Å². The van der Waals surface area contributed by atoms with E-state index in [4.69, 9.17) is 5.41 Å². The fraction of sp³-hybridized carbons (Fsp3) is 0.400. The summed E-state index contributed by atoms with van der Waals surface area (Å²) in [6.45, 7) is 4.16. The second-order valence-electron chi connectivity index (χ2n) is 5.41. The average molecular weight is 401 g/mol. The molecule has 0 radical (unpaired) electrons. The molecule has 0 saturated carbocycles. The molecule has 0 aromatic heterocycles. The van der Waals surface area contributed by atoms with Gasteiger partial charge >= 0.3 is 0 Å². The Morgan fingerprint density at radius 1 is 0.900 bits per heavy atom. The van der Waals surface area contributed by atoms with Crippen molar-refractivity contribution in [1.29, 1.82) is 5.41 Å². The van der Waals surface area contributed by atoms with Gasteiger partial charge in [0, 0.05) is 0 Å². The molecule has 0 heterocycles. The number of hydrogen-bond acceptors (Lipinski definition) is 1. The molecule has 0 aromatic carbocycles. The number of nitrogens with one attached hydrogen (secondary N) is 3. The van der Waals surface area contributed by atoms with E-state index in [0.717, 1.165) is 0 Å². The summed E-state index contributed by atoms with van der Waals surface area (Å²) in [6.07, 6.45) is 16.3. The highest BCUT2D eigenvalue weighted by Crippen LogP contribution is 2.29. The fourth-order valence-corrected chi connectivity index (χ4v) is 2.99. The van der Waals surface area contributed by atoms with Crippen molar-refractivity contribution in [3.63, 3.8) is 0 Å². The van der Waals surface area contributed by atoms with Crippen LogP contribution in [-0.4, -0.2) is 26.7 Å². The Labute approximate surface area is 137 Å². The number of rotatable bonds is 2. The van der Waals surface area contributed by atoms with E-state index in [1.54, 1.807) is 0 Å². The topological polar surface area (TPSA) is 47.9 Å². The predicted octanol–water partition coefficient (Wildman–Crippen LogP) is 3.40. The molecule has 4 atom stereocenters. The molecule has 2 aliphatic rings. The monoisotopic (exact) mass is 399 g/mol. The van der Waals surface area contributed by atoms with Crippen LogP contribution in [0.15, 0.2) is 48.6 Å². The van der Waals surface area contributed by atoms with Crippen molar-refractivity contribution in [2.75, 3.05) is 0 Å². The zero-order valence-electron chi connectivity index (χ0n) is 11.5. The lowest BCUT2D eigenvalue weighted by molar-refractivity contribution is 0.576. The summed E-state index contributed by atoms with van der Waals surface area (Å²) < 4.78 is -0.370. The number of alkyl halides is 2. The SMILES string of the molecule is CC1(Br)C=CC=CC1NC(=N)NC1C=CC=CC1(C)Br. The molecule has 0 fully saturated rings. The second-order valence-corrected chi connectivity index (χ2v) is 8.83. The molecular weight excluding hydrogens is 382 g/mol. The van der Waals surface area contributed by atoms with Crippen LogP contribution in [0.3, 0.4) is 0 Å². The summed E-state index contributed by atoms with van der Waals surface area (Å²) in [4.78, 5) is 0. The minimum atomic E-state index is -0.185. The largest absolute Gasteiger partial charge is 0.349 e. The maximum Gasteiger partial charge on any atom is 0.189 e. The standard InChI is InChI=1S/C15H19Br2N3/c1-14(16)9-5-3-7-11(14)19-13(18)20-12-8-4-6-10-15(12,2)17/h3-12H,1-2H3,(H3,18,19,20). The molecule has 108 valence electrons. The molecule has 0 spiro atoms. The lowest BCUT2D eigenvalue weighted by Crippen LogP contribution is -2.55. The van der Waals surface area contributed by atoms with E-state index in [2.05, 4.69) is 80.6 Å². The minimum Gasteiger partial charge on any atom is -0.349 e. The number of guanidine groups is 1. The van der Waals surface area contributed by atoms with Gasteiger partial charge in [-0.15, -0.1) is 0 Å². The van der Waals surface area contributed by atoms with Crippen molar-refractivity contribution < 1.29 is 0 Å². The van der Waals surface area contributed by atoms with Crippen LogP contribution in [0.2, 0.25) is 0 Å². The highest BCUT2D eigenvalue weighted by molar-refractivity contribution is 9.10. The minimum absolute atomic E-state index is 0.0391. The lowest BCUT2D eigenvalue weighted by atomic mass is 9.96. The van der Waals surface area contributed by atoms with Crippen molar-refractivity contribution in [3.05, 3.63) is 48.6 Å². The highest BCUT2D eigenvalue weighted by Gasteiger charge is 2.32. The molecule has 3 nitrogen and oxygen atoms in total. The first kappa shape index (κ1) is 15.6. The van der Waals surface area contributed by atoms with Gasteiger partial charge in [0.2, 0.25) is 0 Å². The first-order chi connectivity index (χ1) is 9.31. The maximum atomic E-state index is 8.13. The molecular formula is C15H19Br2N3.